The number of aryl methyl sites for hydroxylation is 1. The molecule has 3 aromatic rings. The number of amides is 1. The smallest absolute Gasteiger partial charge is 0.258 e. The van der Waals surface area contributed by atoms with Crippen LogP contribution in [0.3, 0.4) is 0 Å². The first-order valence-electron chi connectivity index (χ1n) is 11.8. The van der Waals surface area contributed by atoms with Crippen LogP contribution in [0.5, 0.6) is 0 Å². The fraction of sp³-hybridized carbons (Fsp3) is 0.500. The number of hydrogen-bond donors (Lipinski definition) is 1. The molecule has 6 heteroatoms. The lowest BCUT2D eigenvalue weighted by Crippen LogP contribution is -2.47. The van der Waals surface area contributed by atoms with E-state index in [2.05, 4.69) is 10.5 Å². The third-order valence-corrected chi connectivity index (χ3v) is 8.00. The van der Waals surface area contributed by atoms with E-state index < -0.39 is 0 Å². The fourth-order valence-corrected chi connectivity index (χ4v) is 7.26. The van der Waals surface area contributed by atoms with Crippen LogP contribution in [0.2, 0.25) is 0 Å². The number of fused-ring (bicyclic) bond motifs is 1. The number of benzene rings is 1. The van der Waals surface area contributed by atoms with Gasteiger partial charge in [-0.05, 0) is 86.8 Å². The van der Waals surface area contributed by atoms with E-state index in [9.17, 15) is 9.59 Å². The summed E-state index contributed by atoms with van der Waals surface area (Å²) in [6.07, 6.45) is 10.2. The first-order valence-corrected chi connectivity index (χ1v) is 11.8. The fourth-order valence-electron chi connectivity index (χ4n) is 7.26. The molecule has 1 aromatic carbocycles. The minimum Gasteiger partial charge on any atom is -0.361 e. The zero-order valence-corrected chi connectivity index (χ0v) is 18.5. The largest absolute Gasteiger partial charge is 0.361 e. The Kier molecular flexibility index (Phi) is 4.52. The predicted octanol–water partition coefficient (Wildman–Crippen LogP) is 4.89. The van der Waals surface area contributed by atoms with Crippen molar-refractivity contribution in [3.8, 4) is 0 Å². The topological polar surface area (TPSA) is 77.1 Å². The van der Waals surface area contributed by atoms with E-state index in [1.54, 1.807) is 10.8 Å². The maximum absolute atomic E-state index is 13.1. The Morgan fingerprint density at radius 2 is 1.84 bits per heavy atom. The number of carbonyl (C=O) groups is 1. The van der Waals surface area contributed by atoms with Crippen LogP contribution in [0.15, 0.2) is 45.8 Å². The summed E-state index contributed by atoms with van der Waals surface area (Å²) in [5.74, 6) is 3.30. The van der Waals surface area contributed by atoms with Gasteiger partial charge in [-0.1, -0.05) is 11.2 Å². The van der Waals surface area contributed by atoms with Crippen molar-refractivity contribution in [2.45, 2.75) is 58.4 Å². The highest BCUT2D eigenvalue weighted by molar-refractivity contribution is 6.02. The van der Waals surface area contributed by atoms with Gasteiger partial charge in [-0.15, -0.1) is 0 Å². The van der Waals surface area contributed by atoms with Crippen molar-refractivity contribution in [3.63, 3.8) is 0 Å². The van der Waals surface area contributed by atoms with Crippen molar-refractivity contribution in [1.29, 1.82) is 0 Å². The first kappa shape index (κ1) is 19.8. The van der Waals surface area contributed by atoms with Crippen LogP contribution in [0.4, 0.5) is 5.69 Å². The number of carbonyl (C=O) groups excluding carboxylic acids is 1. The van der Waals surface area contributed by atoms with Gasteiger partial charge < -0.3 is 14.4 Å². The second-order valence-electron chi connectivity index (χ2n) is 10.6. The molecular weight excluding hydrogens is 402 g/mol. The summed E-state index contributed by atoms with van der Waals surface area (Å²) in [7, 11) is 0. The highest BCUT2D eigenvalue weighted by Gasteiger charge is 2.51. The van der Waals surface area contributed by atoms with Gasteiger partial charge >= 0.3 is 0 Å². The molecule has 2 aromatic heterocycles. The lowest BCUT2D eigenvalue weighted by atomic mass is 9.49. The van der Waals surface area contributed by atoms with E-state index in [-0.39, 0.29) is 16.9 Å². The van der Waals surface area contributed by atoms with Crippen LogP contribution in [0, 0.1) is 30.1 Å². The summed E-state index contributed by atoms with van der Waals surface area (Å²) in [6.45, 7) is 2.19. The molecule has 0 atom stereocenters. The number of aromatic nitrogens is 2. The van der Waals surface area contributed by atoms with E-state index in [0.29, 0.717) is 24.0 Å². The second kappa shape index (κ2) is 7.32. The summed E-state index contributed by atoms with van der Waals surface area (Å²) < 4.78 is 6.74. The summed E-state index contributed by atoms with van der Waals surface area (Å²) in [5.41, 5.74) is 1.54. The van der Waals surface area contributed by atoms with Gasteiger partial charge in [0.1, 0.15) is 11.5 Å². The standard InChI is InChI=1S/C26H29N3O3/c1-16-7-20(28-32-16)15-29-6-5-21-22(25(29)31)3-2-4-23(21)27-24(30)14-26-11-17-8-18(12-26)10-19(9-17)13-26/h2-7,17-19H,8-15H2,1H3,(H,27,30). The van der Waals surface area contributed by atoms with E-state index >= 15 is 0 Å². The van der Waals surface area contributed by atoms with Crippen molar-refractivity contribution < 1.29 is 9.32 Å². The number of nitrogens with zero attached hydrogens (tertiary/aromatic N) is 2. The van der Waals surface area contributed by atoms with E-state index in [0.717, 1.165) is 34.6 Å². The minimum atomic E-state index is -0.0969. The maximum atomic E-state index is 13.1. The molecule has 4 aliphatic rings. The van der Waals surface area contributed by atoms with Crippen LogP contribution >= 0.6 is 0 Å². The maximum Gasteiger partial charge on any atom is 0.258 e. The highest BCUT2D eigenvalue weighted by Crippen LogP contribution is 2.61. The third-order valence-electron chi connectivity index (χ3n) is 8.00. The van der Waals surface area contributed by atoms with Crippen LogP contribution in [-0.4, -0.2) is 15.6 Å². The van der Waals surface area contributed by atoms with Crippen LogP contribution < -0.4 is 10.9 Å². The molecule has 4 bridgehead atoms. The average molecular weight is 432 g/mol. The van der Waals surface area contributed by atoms with Crippen molar-refractivity contribution in [2.24, 2.45) is 23.2 Å². The first-order chi connectivity index (χ1) is 15.5. The molecule has 1 N–H and O–H groups in total. The zero-order valence-electron chi connectivity index (χ0n) is 18.5. The Morgan fingerprint density at radius 1 is 1.12 bits per heavy atom. The number of pyridine rings is 1. The molecule has 4 fully saturated rings. The normalized spacial score (nSPS) is 28.3. The number of anilines is 1. The quantitative estimate of drug-likeness (QED) is 0.624. The van der Waals surface area contributed by atoms with Crippen LogP contribution in [0.25, 0.3) is 10.8 Å². The van der Waals surface area contributed by atoms with Gasteiger partial charge in [0.15, 0.2) is 0 Å². The van der Waals surface area contributed by atoms with Gasteiger partial charge in [-0.3, -0.25) is 9.59 Å². The lowest BCUT2D eigenvalue weighted by Gasteiger charge is -2.56. The Hall–Kier alpha value is -2.89. The van der Waals surface area contributed by atoms with Gasteiger partial charge in [0.2, 0.25) is 5.91 Å². The molecule has 1 amide bonds. The third kappa shape index (κ3) is 3.46. The Labute approximate surface area is 187 Å². The predicted molar refractivity (Wildman–Crippen MR) is 122 cm³/mol. The number of rotatable bonds is 5. The highest BCUT2D eigenvalue weighted by atomic mass is 16.5. The average Bonchev–Trinajstić information content (AvgIpc) is 3.14. The van der Waals surface area contributed by atoms with Crippen molar-refractivity contribution in [1.82, 2.24) is 9.72 Å². The zero-order chi connectivity index (χ0) is 21.9. The monoisotopic (exact) mass is 431 g/mol. The Morgan fingerprint density at radius 3 is 2.50 bits per heavy atom. The summed E-state index contributed by atoms with van der Waals surface area (Å²) in [6, 6.07) is 9.29. The molecule has 166 valence electrons. The van der Waals surface area contributed by atoms with Crippen LogP contribution in [-0.2, 0) is 11.3 Å². The van der Waals surface area contributed by atoms with E-state index in [1.807, 2.05) is 37.3 Å². The molecule has 0 spiro atoms. The van der Waals surface area contributed by atoms with Crippen LogP contribution in [0.1, 0.15) is 56.4 Å². The molecule has 4 aliphatic carbocycles. The van der Waals surface area contributed by atoms with Gasteiger partial charge in [-0.25, -0.2) is 0 Å². The van der Waals surface area contributed by atoms with Crippen molar-refractivity contribution in [3.05, 3.63) is 58.3 Å². The summed E-state index contributed by atoms with van der Waals surface area (Å²) in [4.78, 5) is 26.2. The number of hydrogen-bond acceptors (Lipinski definition) is 4. The summed E-state index contributed by atoms with van der Waals surface area (Å²) >= 11 is 0. The molecule has 0 saturated heterocycles. The van der Waals surface area contributed by atoms with E-state index in [4.69, 9.17) is 4.52 Å². The molecule has 32 heavy (non-hydrogen) atoms. The molecule has 0 radical (unpaired) electrons. The SMILES string of the molecule is Cc1cc(Cn2ccc3c(NC(=O)CC45CC6CC(CC(C6)C4)C5)cccc3c2=O)no1. The summed E-state index contributed by atoms with van der Waals surface area (Å²) in [5, 5.41) is 8.51. The van der Waals surface area contributed by atoms with Gasteiger partial charge in [0, 0.05) is 35.1 Å². The van der Waals surface area contributed by atoms with Gasteiger partial charge in [0.05, 0.1) is 6.54 Å². The van der Waals surface area contributed by atoms with Crippen molar-refractivity contribution >= 4 is 22.4 Å². The molecular formula is C26H29N3O3. The van der Waals surface area contributed by atoms with Gasteiger partial charge in [-0.2, -0.15) is 0 Å². The molecule has 6 nitrogen and oxygen atoms in total. The Balaban J connectivity index is 1.23. The van der Waals surface area contributed by atoms with Gasteiger partial charge in [0.25, 0.3) is 5.56 Å². The molecule has 0 unspecified atom stereocenters. The molecule has 4 saturated carbocycles. The van der Waals surface area contributed by atoms with Crippen molar-refractivity contribution in [2.75, 3.05) is 5.32 Å². The minimum absolute atomic E-state index is 0.0849. The number of nitrogens with one attached hydrogen (secondary N) is 1. The molecule has 2 heterocycles. The Bertz CT molecular complexity index is 1220. The van der Waals surface area contributed by atoms with E-state index in [1.165, 1.54) is 38.5 Å². The molecule has 7 rings (SSSR count). The lowest BCUT2D eigenvalue weighted by molar-refractivity contribution is -0.124. The second-order valence-corrected chi connectivity index (χ2v) is 10.6. The molecule has 0 aliphatic heterocycles.